The Kier molecular flexibility index (Phi) is 7.88. The molecule has 0 atom stereocenters. The van der Waals surface area contributed by atoms with Crippen molar-refractivity contribution in [2.45, 2.75) is 23.8 Å². The van der Waals surface area contributed by atoms with Gasteiger partial charge in [-0.25, -0.2) is 4.98 Å². The minimum atomic E-state index is -0.263. The van der Waals surface area contributed by atoms with Gasteiger partial charge >= 0.3 is 0 Å². The van der Waals surface area contributed by atoms with Gasteiger partial charge in [0.05, 0.1) is 15.8 Å². The van der Waals surface area contributed by atoms with Gasteiger partial charge in [0.1, 0.15) is 18.1 Å². The van der Waals surface area contributed by atoms with Crippen molar-refractivity contribution in [1.29, 1.82) is 0 Å². The number of thiazole rings is 1. The van der Waals surface area contributed by atoms with E-state index in [1.165, 1.54) is 17.4 Å². The fourth-order valence-corrected chi connectivity index (χ4v) is 8.11. The van der Waals surface area contributed by atoms with Crippen LogP contribution in [0.25, 0.3) is 26.9 Å². The highest BCUT2D eigenvalue weighted by Crippen LogP contribution is 2.38. The van der Waals surface area contributed by atoms with Crippen LogP contribution >= 0.6 is 23.1 Å². The predicted molar refractivity (Wildman–Crippen MR) is 192 cm³/mol. The Morgan fingerprint density at radius 2 is 1.62 bits per heavy atom. The van der Waals surface area contributed by atoms with Gasteiger partial charge in [-0.2, -0.15) is 0 Å². The Labute approximate surface area is 285 Å². The van der Waals surface area contributed by atoms with Gasteiger partial charge in [0.2, 0.25) is 5.78 Å². The first-order valence-electron chi connectivity index (χ1n) is 15.5. The quantitative estimate of drug-likeness (QED) is 0.171. The number of benzene rings is 5. The van der Waals surface area contributed by atoms with Crippen LogP contribution in [0.5, 0.6) is 5.75 Å². The molecule has 0 saturated carbocycles. The van der Waals surface area contributed by atoms with E-state index in [0.29, 0.717) is 46.4 Å². The number of aliphatic hydroxyl groups excluding tert-OH is 1. The summed E-state index contributed by atoms with van der Waals surface area (Å²) in [6.07, 6.45) is 1.33. The second-order valence-electron chi connectivity index (χ2n) is 11.6. The molecule has 1 N–H and O–H groups in total. The number of aromatic nitrogens is 2. The summed E-state index contributed by atoms with van der Waals surface area (Å²) in [5, 5.41) is 12.3. The number of para-hydroxylation sites is 1. The van der Waals surface area contributed by atoms with Gasteiger partial charge < -0.3 is 14.4 Å². The van der Waals surface area contributed by atoms with Gasteiger partial charge in [0, 0.05) is 51.0 Å². The molecule has 8 rings (SSSR count). The zero-order chi connectivity index (χ0) is 32.6. The fraction of sp³-hybridized carbons (Fsp3) is 0.0750. The van der Waals surface area contributed by atoms with Crippen molar-refractivity contribution in [2.24, 2.45) is 0 Å². The van der Waals surface area contributed by atoms with Crippen LogP contribution in [0.2, 0.25) is 0 Å². The Morgan fingerprint density at radius 3 is 2.46 bits per heavy atom. The molecule has 7 aromatic rings. The first-order valence-corrected chi connectivity index (χ1v) is 17.3. The molecule has 0 amide bonds. The molecule has 0 aliphatic carbocycles. The minimum absolute atomic E-state index is 0.0540. The molecule has 234 valence electrons. The van der Waals surface area contributed by atoms with Crippen LogP contribution in [0.4, 0.5) is 0 Å². The van der Waals surface area contributed by atoms with E-state index >= 15 is 0 Å². The van der Waals surface area contributed by atoms with Gasteiger partial charge in [-0.1, -0.05) is 84.9 Å². The van der Waals surface area contributed by atoms with Crippen LogP contribution in [0.1, 0.15) is 48.1 Å². The summed E-state index contributed by atoms with van der Waals surface area (Å²) in [5.74, 6) is 0.747. The molecule has 48 heavy (non-hydrogen) atoms. The van der Waals surface area contributed by atoms with Gasteiger partial charge in [0.25, 0.3) is 0 Å². The molecule has 8 heteroatoms. The maximum absolute atomic E-state index is 14.0. The van der Waals surface area contributed by atoms with Crippen LogP contribution in [0.3, 0.4) is 0 Å². The SMILES string of the molecule is O=C(c1ccc(Cn2c3c(c4cc(OCc5ccccc5)ccc42)C(=O)/C=C(\O)c2ccccc2SC3)cc1)c1nc2ccccc2s1. The smallest absolute Gasteiger partial charge is 0.221 e. The van der Waals surface area contributed by atoms with Gasteiger partial charge in [-0.3, -0.25) is 9.59 Å². The maximum atomic E-state index is 14.0. The number of aliphatic hydroxyl groups is 1. The summed E-state index contributed by atoms with van der Waals surface area (Å²) in [5.41, 5.74) is 6.35. The van der Waals surface area contributed by atoms with E-state index in [1.54, 1.807) is 11.8 Å². The fourth-order valence-electron chi connectivity index (χ4n) is 6.08. The summed E-state index contributed by atoms with van der Waals surface area (Å²) >= 11 is 2.98. The average molecular weight is 665 g/mol. The Morgan fingerprint density at radius 1 is 0.854 bits per heavy atom. The standard InChI is InChI=1S/C40H28N2O4S2/c43-34-21-35(44)38-30-20-28(46-23-26-8-2-1-3-9-26)18-19-32(30)42(33(38)24-47-36-12-6-4-10-29(34)36)22-25-14-16-27(17-15-25)39(45)40-41-31-11-5-7-13-37(31)48-40/h1-21,43H,22-24H2/b34-21-. The van der Waals surface area contributed by atoms with Crippen LogP contribution < -0.4 is 4.74 Å². The highest BCUT2D eigenvalue weighted by atomic mass is 32.2. The summed E-state index contributed by atoms with van der Waals surface area (Å²) in [6.45, 7) is 0.883. The largest absolute Gasteiger partial charge is 0.507 e. The third-order valence-corrected chi connectivity index (χ3v) is 10.6. The molecule has 1 aliphatic heterocycles. The highest BCUT2D eigenvalue weighted by Gasteiger charge is 2.25. The third kappa shape index (κ3) is 5.70. The molecule has 0 bridgehead atoms. The third-order valence-electron chi connectivity index (χ3n) is 8.48. The molecule has 0 unspecified atom stereocenters. The summed E-state index contributed by atoms with van der Waals surface area (Å²) < 4.78 is 9.32. The normalized spacial score (nSPS) is 14.0. The molecule has 0 spiro atoms. The monoisotopic (exact) mass is 664 g/mol. The number of thioether (sulfide) groups is 1. The lowest BCUT2D eigenvalue weighted by atomic mass is 10.0. The molecule has 1 aliphatic rings. The average Bonchev–Trinajstić information content (AvgIpc) is 3.70. The predicted octanol–water partition coefficient (Wildman–Crippen LogP) is 9.50. The summed E-state index contributed by atoms with van der Waals surface area (Å²) in [7, 11) is 0. The number of carbonyl (C=O) groups is 2. The number of nitrogens with zero attached hydrogens (tertiary/aromatic N) is 2. The first kappa shape index (κ1) is 29.9. The molecular weight excluding hydrogens is 637 g/mol. The van der Waals surface area contributed by atoms with Crippen molar-refractivity contribution >= 4 is 61.5 Å². The molecule has 0 saturated heterocycles. The van der Waals surface area contributed by atoms with Crippen LogP contribution in [0.15, 0.2) is 132 Å². The van der Waals surface area contributed by atoms with Gasteiger partial charge in [-0.15, -0.1) is 23.1 Å². The number of allylic oxidation sites excluding steroid dienone is 1. The van der Waals surface area contributed by atoms with E-state index in [1.807, 2.05) is 121 Å². The Hall–Kier alpha value is -5.44. The topological polar surface area (TPSA) is 81.4 Å². The number of hydrogen-bond donors (Lipinski definition) is 1. The van der Waals surface area contributed by atoms with Crippen molar-refractivity contribution in [2.75, 3.05) is 0 Å². The van der Waals surface area contributed by atoms with Gasteiger partial charge in [0.15, 0.2) is 10.8 Å². The van der Waals surface area contributed by atoms with E-state index in [2.05, 4.69) is 9.55 Å². The van der Waals surface area contributed by atoms with Crippen LogP contribution in [-0.4, -0.2) is 26.2 Å². The van der Waals surface area contributed by atoms with Gasteiger partial charge in [-0.05, 0) is 47.5 Å². The van der Waals surface area contributed by atoms with Crippen molar-refractivity contribution in [1.82, 2.24) is 9.55 Å². The number of fused-ring (bicyclic) bond motifs is 5. The van der Waals surface area contributed by atoms with E-state index < -0.39 is 0 Å². The number of ketones is 2. The van der Waals surface area contributed by atoms with Crippen molar-refractivity contribution in [3.05, 3.63) is 166 Å². The maximum Gasteiger partial charge on any atom is 0.221 e. The van der Waals surface area contributed by atoms with Crippen molar-refractivity contribution in [3.63, 3.8) is 0 Å². The van der Waals surface area contributed by atoms with E-state index in [0.717, 1.165) is 42.8 Å². The number of rotatable bonds is 7. The molecule has 2 aromatic heterocycles. The summed E-state index contributed by atoms with van der Waals surface area (Å²) in [6, 6.07) is 38.7. The lowest BCUT2D eigenvalue weighted by molar-refractivity contribution is 0.103. The molecule has 0 fully saturated rings. The van der Waals surface area contributed by atoms with Crippen molar-refractivity contribution in [3.8, 4) is 5.75 Å². The second kappa shape index (κ2) is 12.6. The molecule has 5 aromatic carbocycles. The lowest BCUT2D eigenvalue weighted by Gasteiger charge is -2.13. The first-order chi connectivity index (χ1) is 23.5. The lowest BCUT2D eigenvalue weighted by Crippen LogP contribution is -2.07. The molecule has 0 radical (unpaired) electrons. The van der Waals surface area contributed by atoms with Crippen molar-refractivity contribution < 1.29 is 19.4 Å². The second-order valence-corrected chi connectivity index (χ2v) is 13.6. The molecular formula is C40H28N2O4S2. The zero-order valence-corrected chi connectivity index (χ0v) is 27.3. The van der Waals surface area contributed by atoms with E-state index in [4.69, 9.17) is 4.74 Å². The molecule has 3 heterocycles. The number of ether oxygens (including phenoxy) is 1. The highest BCUT2D eigenvalue weighted by molar-refractivity contribution is 7.98. The molecule has 6 nitrogen and oxygen atoms in total. The van der Waals surface area contributed by atoms with E-state index in [9.17, 15) is 14.7 Å². The number of carbonyl (C=O) groups excluding carboxylic acids is 2. The summed E-state index contributed by atoms with van der Waals surface area (Å²) in [4.78, 5) is 32.7. The van der Waals surface area contributed by atoms with Crippen LogP contribution in [-0.2, 0) is 18.9 Å². The van der Waals surface area contributed by atoms with Crippen LogP contribution in [0, 0.1) is 0 Å². The zero-order valence-electron chi connectivity index (χ0n) is 25.6. The van der Waals surface area contributed by atoms with E-state index in [-0.39, 0.29) is 17.3 Å². The Bertz CT molecular complexity index is 2340. The number of hydrogen-bond acceptors (Lipinski definition) is 7. The Balaban J connectivity index is 1.17. The minimum Gasteiger partial charge on any atom is -0.507 e.